The van der Waals surface area contributed by atoms with E-state index < -0.39 is 0 Å². The zero-order chi connectivity index (χ0) is 12.4. The van der Waals surface area contributed by atoms with E-state index in [0.29, 0.717) is 0 Å². The predicted molar refractivity (Wildman–Crippen MR) is 73.4 cm³/mol. The van der Waals surface area contributed by atoms with Crippen molar-refractivity contribution in [3.8, 4) is 0 Å². The molecule has 0 spiro atoms. The van der Waals surface area contributed by atoms with Gasteiger partial charge >= 0.3 is 0 Å². The van der Waals surface area contributed by atoms with E-state index in [1.807, 2.05) is 24.3 Å². The highest BCUT2D eigenvalue weighted by molar-refractivity contribution is 4.99. The minimum absolute atomic E-state index is 0.282. The Morgan fingerprint density at radius 1 is 0.875 bits per heavy atom. The monoisotopic (exact) mass is 220 g/mol. The first kappa shape index (κ1) is 14.9. The second-order valence-corrected chi connectivity index (χ2v) is 4.12. The van der Waals surface area contributed by atoms with Gasteiger partial charge in [0.05, 0.1) is 0 Å². The normalized spacial score (nSPS) is 11.1. The highest BCUT2D eigenvalue weighted by Crippen LogP contribution is 2.15. The molecule has 0 aliphatic heterocycles. The van der Waals surface area contributed by atoms with Crippen molar-refractivity contribution in [2.24, 2.45) is 5.73 Å². The Kier molecular flexibility index (Phi) is 7.52. The number of hydrogen-bond donors (Lipinski definition) is 1. The summed E-state index contributed by atoms with van der Waals surface area (Å²) in [6.07, 6.45) is 9.05. The molecule has 0 atom stereocenters. The number of hydrogen-bond acceptors (Lipinski definition) is 2. The molecule has 0 unspecified atom stereocenters. The maximum Gasteiger partial charge on any atom is 0.0353 e. The lowest BCUT2D eigenvalue weighted by atomic mass is 9.91. The molecule has 0 heterocycles. The van der Waals surface area contributed by atoms with Crippen LogP contribution in [-0.2, 0) is 0 Å². The molecule has 2 N–H and O–H groups in total. The van der Waals surface area contributed by atoms with E-state index in [0.717, 1.165) is 32.5 Å². The molecule has 0 radical (unpaired) electrons. The molecule has 0 aromatic heterocycles. The van der Waals surface area contributed by atoms with Crippen LogP contribution in [0.2, 0.25) is 0 Å². The highest BCUT2D eigenvalue weighted by atomic mass is 15.1. The molecule has 0 bridgehead atoms. The van der Waals surface area contributed by atoms with Crippen LogP contribution in [0.5, 0.6) is 0 Å². The van der Waals surface area contributed by atoms with Gasteiger partial charge in [-0.2, -0.15) is 0 Å². The number of rotatable bonds is 10. The fourth-order valence-electron chi connectivity index (χ4n) is 1.80. The van der Waals surface area contributed by atoms with Crippen LogP contribution in [0.25, 0.3) is 0 Å². The molecule has 0 aromatic carbocycles. The topological polar surface area (TPSA) is 29.3 Å². The van der Waals surface area contributed by atoms with E-state index >= 15 is 0 Å². The molecule has 0 saturated heterocycles. The number of nitrogens with zero attached hydrogens (tertiary/aromatic N) is 1. The van der Waals surface area contributed by atoms with Gasteiger partial charge in [0.1, 0.15) is 0 Å². The van der Waals surface area contributed by atoms with Crippen molar-refractivity contribution < 1.29 is 0 Å². The summed E-state index contributed by atoms with van der Waals surface area (Å²) in [6.45, 7) is 17.4. The molecule has 2 heteroatoms. The van der Waals surface area contributed by atoms with Crippen molar-refractivity contribution in [1.82, 2.24) is 4.90 Å². The van der Waals surface area contributed by atoms with Gasteiger partial charge in [0, 0.05) is 25.2 Å². The van der Waals surface area contributed by atoms with Crippen molar-refractivity contribution in [3.05, 3.63) is 50.6 Å². The standard InChI is InChI=1S/C14H24N2/c1-5-9-14(15,10-6-2)13-16(11-7-3)12-8-4/h5-8H,1-4,9-13,15H2. The van der Waals surface area contributed by atoms with Crippen LogP contribution < -0.4 is 5.73 Å². The summed E-state index contributed by atoms with van der Waals surface area (Å²) in [5.41, 5.74) is 6.05. The zero-order valence-corrected chi connectivity index (χ0v) is 10.2. The van der Waals surface area contributed by atoms with Gasteiger partial charge in [0.2, 0.25) is 0 Å². The van der Waals surface area contributed by atoms with Gasteiger partial charge in [0.15, 0.2) is 0 Å². The molecule has 0 fully saturated rings. The van der Waals surface area contributed by atoms with Crippen LogP contribution in [-0.4, -0.2) is 30.1 Å². The fourth-order valence-corrected chi connectivity index (χ4v) is 1.80. The fraction of sp³-hybridized carbons (Fsp3) is 0.429. The van der Waals surface area contributed by atoms with Crippen LogP contribution >= 0.6 is 0 Å². The van der Waals surface area contributed by atoms with Gasteiger partial charge in [-0.15, -0.1) is 26.3 Å². The van der Waals surface area contributed by atoms with E-state index in [9.17, 15) is 0 Å². The quantitative estimate of drug-likeness (QED) is 0.573. The van der Waals surface area contributed by atoms with Gasteiger partial charge in [-0.3, -0.25) is 4.90 Å². The van der Waals surface area contributed by atoms with Crippen molar-refractivity contribution in [3.63, 3.8) is 0 Å². The third-order valence-corrected chi connectivity index (χ3v) is 2.41. The molecular formula is C14H24N2. The summed E-state index contributed by atoms with van der Waals surface area (Å²) in [5.74, 6) is 0. The van der Waals surface area contributed by atoms with Crippen LogP contribution in [0.4, 0.5) is 0 Å². The van der Waals surface area contributed by atoms with Gasteiger partial charge in [-0.05, 0) is 12.8 Å². The van der Waals surface area contributed by atoms with Gasteiger partial charge in [-0.25, -0.2) is 0 Å². The largest absolute Gasteiger partial charge is 0.323 e. The van der Waals surface area contributed by atoms with Crippen LogP contribution in [0, 0.1) is 0 Å². The third kappa shape index (κ3) is 5.69. The first-order valence-corrected chi connectivity index (χ1v) is 5.56. The molecule has 90 valence electrons. The summed E-state index contributed by atoms with van der Waals surface area (Å²) >= 11 is 0. The smallest absolute Gasteiger partial charge is 0.0353 e. The second kappa shape index (κ2) is 8.08. The van der Waals surface area contributed by atoms with Crippen molar-refractivity contribution in [1.29, 1.82) is 0 Å². The molecule has 0 aliphatic rings. The first-order valence-electron chi connectivity index (χ1n) is 5.56. The Labute approximate surface area is 99.8 Å². The average molecular weight is 220 g/mol. The van der Waals surface area contributed by atoms with Crippen molar-refractivity contribution >= 4 is 0 Å². The minimum Gasteiger partial charge on any atom is -0.323 e. The van der Waals surface area contributed by atoms with E-state index in [4.69, 9.17) is 5.73 Å². The number of nitrogens with two attached hydrogens (primary N) is 1. The Morgan fingerprint density at radius 3 is 1.62 bits per heavy atom. The predicted octanol–water partition coefficient (Wildman–Crippen LogP) is 2.51. The Balaban J connectivity index is 4.52. The van der Waals surface area contributed by atoms with Crippen LogP contribution in [0.15, 0.2) is 50.6 Å². The SMILES string of the molecule is C=CCN(CC=C)CC(N)(CC=C)CC=C. The van der Waals surface area contributed by atoms with E-state index in [-0.39, 0.29) is 5.54 Å². The lowest BCUT2D eigenvalue weighted by molar-refractivity contribution is 0.245. The second-order valence-electron chi connectivity index (χ2n) is 4.12. The molecular weight excluding hydrogens is 196 g/mol. The van der Waals surface area contributed by atoms with Crippen LogP contribution in [0.1, 0.15) is 12.8 Å². The summed E-state index contributed by atoms with van der Waals surface area (Å²) in [4.78, 5) is 2.22. The van der Waals surface area contributed by atoms with Crippen molar-refractivity contribution in [2.45, 2.75) is 18.4 Å². The van der Waals surface area contributed by atoms with Crippen LogP contribution in [0.3, 0.4) is 0 Å². The van der Waals surface area contributed by atoms with E-state index in [1.54, 1.807) is 0 Å². The molecule has 2 nitrogen and oxygen atoms in total. The lowest BCUT2D eigenvalue weighted by Gasteiger charge is -2.33. The van der Waals surface area contributed by atoms with Crippen molar-refractivity contribution in [2.75, 3.05) is 19.6 Å². The third-order valence-electron chi connectivity index (χ3n) is 2.41. The van der Waals surface area contributed by atoms with Gasteiger partial charge in [0.25, 0.3) is 0 Å². The first-order chi connectivity index (χ1) is 7.61. The summed E-state index contributed by atoms with van der Waals surface area (Å²) in [7, 11) is 0. The molecule has 0 aliphatic carbocycles. The molecule has 0 saturated carbocycles. The van der Waals surface area contributed by atoms with Gasteiger partial charge < -0.3 is 5.73 Å². The zero-order valence-electron chi connectivity index (χ0n) is 10.2. The minimum atomic E-state index is -0.282. The molecule has 16 heavy (non-hydrogen) atoms. The van der Waals surface area contributed by atoms with E-state index in [1.165, 1.54) is 0 Å². The summed E-state index contributed by atoms with van der Waals surface area (Å²) in [6, 6.07) is 0. The molecule has 0 rings (SSSR count). The summed E-state index contributed by atoms with van der Waals surface area (Å²) < 4.78 is 0. The Morgan fingerprint density at radius 2 is 1.31 bits per heavy atom. The highest BCUT2D eigenvalue weighted by Gasteiger charge is 2.24. The Bertz CT molecular complexity index is 223. The lowest BCUT2D eigenvalue weighted by Crippen LogP contribution is -2.49. The summed E-state index contributed by atoms with van der Waals surface area (Å²) in [5, 5.41) is 0. The average Bonchev–Trinajstić information content (AvgIpc) is 2.18. The van der Waals surface area contributed by atoms with Gasteiger partial charge in [-0.1, -0.05) is 24.3 Å². The maximum atomic E-state index is 6.33. The molecule has 0 amide bonds. The van der Waals surface area contributed by atoms with E-state index in [2.05, 4.69) is 31.2 Å². The maximum absolute atomic E-state index is 6.33. The molecule has 0 aromatic rings. The Hall–Kier alpha value is -1.12.